The Balaban J connectivity index is 1.56. The van der Waals surface area contributed by atoms with Crippen molar-refractivity contribution < 1.29 is 24.0 Å². The Kier molecular flexibility index (Phi) is 7.86. The molecular formula is C24H31N3O6. The van der Waals surface area contributed by atoms with E-state index in [1.54, 1.807) is 25.3 Å². The first-order chi connectivity index (χ1) is 15.7. The highest BCUT2D eigenvalue weighted by Crippen LogP contribution is 2.31. The maximum absolute atomic E-state index is 12.7. The van der Waals surface area contributed by atoms with Gasteiger partial charge in [-0.05, 0) is 45.7 Å². The molecule has 0 saturated carbocycles. The second kappa shape index (κ2) is 10.6. The van der Waals surface area contributed by atoms with Crippen LogP contribution < -0.4 is 4.90 Å². The Morgan fingerprint density at radius 2 is 1.88 bits per heavy atom. The number of nitro benzene ring substituents is 1. The van der Waals surface area contributed by atoms with Crippen LogP contribution in [-0.2, 0) is 14.3 Å². The number of nitrogens with zero attached hydrogens (tertiary/aromatic N) is 3. The molecule has 33 heavy (non-hydrogen) atoms. The first-order valence-corrected chi connectivity index (χ1v) is 11.1. The summed E-state index contributed by atoms with van der Waals surface area (Å²) in [6.45, 7) is 7.10. The number of piperidine rings is 1. The van der Waals surface area contributed by atoms with Crippen molar-refractivity contribution in [3.05, 3.63) is 57.4 Å². The summed E-state index contributed by atoms with van der Waals surface area (Å²) in [4.78, 5) is 38.1. The summed E-state index contributed by atoms with van der Waals surface area (Å²) in [5, 5.41) is 11.3. The van der Waals surface area contributed by atoms with Gasteiger partial charge in [-0.25, -0.2) is 0 Å². The maximum Gasteiger partial charge on any atom is 0.309 e. The van der Waals surface area contributed by atoms with Crippen molar-refractivity contribution in [2.45, 2.75) is 39.7 Å². The number of ether oxygens (including phenoxy) is 2. The summed E-state index contributed by atoms with van der Waals surface area (Å²) < 4.78 is 12.6. The number of carbonyl (C=O) groups excluding carboxylic acids is 2. The second-order valence-corrected chi connectivity index (χ2v) is 8.50. The highest BCUT2D eigenvalue weighted by Gasteiger charge is 2.29. The van der Waals surface area contributed by atoms with Gasteiger partial charge in [0, 0.05) is 43.2 Å². The highest BCUT2D eigenvalue weighted by atomic mass is 16.6. The summed E-state index contributed by atoms with van der Waals surface area (Å²) in [5.41, 5.74) is 2.95. The zero-order chi connectivity index (χ0) is 24.1. The number of carbonyl (C=O) groups is 2. The molecule has 1 saturated heterocycles. The largest absolute Gasteiger partial charge is 0.457 e. The van der Waals surface area contributed by atoms with Crippen molar-refractivity contribution in [1.29, 1.82) is 0 Å². The third-order valence-corrected chi connectivity index (χ3v) is 6.23. The van der Waals surface area contributed by atoms with E-state index >= 15 is 0 Å². The zero-order valence-electron chi connectivity index (χ0n) is 19.6. The van der Waals surface area contributed by atoms with Gasteiger partial charge in [0.15, 0.2) is 6.61 Å². The van der Waals surface area contributed by atoms with E-state index in [1.165, 1.54) is 6.07 Å². The predicted molar refractivity (Wildman–Crippen MR) is 124 cm³/mol. The average Bonchev–Trinajstić information content (AvgIpc) is 3.11. The van der Waals surface area contributed by atoms with Crippen LogP contribution in [0.15, 0.2) is 30.3 Å². The van der Waals surface area contributed by atoms with Crippen LogP contribution in [0.3, 0.4) is 0 Å². The van der Waals surface area contributed by atoms with Gasteiger partial charge in [-0.3, -0.25) is 19.7 Å². The van der Waals surface area contributed by atoms with Gasteiger partial charge < -0.3 is 18.9 Å². The van der Waals surface area contributed by atoms with Gasteiger partial charge >= 0.3 is 5.97 Å². The van der Waals surface area contributed by atoms with Crippen LogP contribution in [0, 0.1) is 29.9 Å². The summed E-state index contributed by atoms with van der Waals surface area (Å²) in [6.07, 6.45) is 1.03. The third kappa shape index (κ3) is 5.42. The van der Waals surface area contributed by atoms with Crippen LogP contribution in [0.4, 0.5) is 11.4 Å². The Morgan fingerprint density at radius 3 is 2.52 bits per heavy atom. The Hall–Kier alpha value is -3.20. The lowest BCUT2D eigenvalue weighted by Crippen LogP contribution is -2.37. The molecule has 3 rings (SSSR count). The summed E-state index contributed by atoms with van der Waals surface area (Å²) in [7, 11) is 1.64. The number of nitro groups is 1. The predicted octanol–water partition coefficient (Wildman–Crippen LogP) is 3.86. The third-order valence-electron chi connectivity index (χ3n) is 6.23. The van der Waals surface area contributed by atoms with Crippen molar-refractivity contribution in [2.75, 3.05) is 38.3 Å². The number of para-hydroxylation sites is 2. The fourth-order valence-electron chi connectivity index (χ4n) is 4.63. The van der Waals surface area contributed by atoms with Crippen LogP contribution in [-0.4, -0.2) is 54.7 Å². The van der Waals surface area contributed by atoms with Crippen molar-refractivity contribution in [3.63, 3.8) is 0 Å². The van der Waals surface area contributed by atoms with Crippen LogP contribution in [0.5, 0.6) is 0 Å². The van der Waals surface area contributed by atoms with Gasteiger partial charge in [0.25, 0.3) is 5.69 Å². The number of hydrogen-bond acceptors (Lipinski definition) is 7. The van der Waals surface area contributed by atoms with Crippen molar-refractivity contribution in [1.82, 2.24) is 4.57 Å². The molecule has 1 unspecified atom stereocenters. The van der Waals surface area contributed by atoms with E-state index in [2.05, 4.69) is 4.57 Å². The van der Waals surface area contributed by atoms with Gasteiger partial charge in [-0.15, -0.1) is 0 Å². The highest BCUT2D eigenvalue weighted by molar-refractivity contribution is 5.99. The van der Waals surface area contributed by atoms with Crippen molar-refractivity contribution in [2.24, 2.45) is 5.92 Å². The molecule has 9 nitrogen and oxygen atoms in total. The molecule has 0 spiro atoms. The number of hydrogen-bond donors (Lipinski definition) is 0. The normalized spacial score (nSPS) is 15.3. The molecule has 1 aliphatic rings. The number of methoxy groups -OCH3 is 1. The Morgan fingerprint density at radius 1 is 1.21 bits per heavy atom. The molecule has 2 heterocycles. The minimum absolute atomic E-state index is 0.0570. The monoisotopic (exact) mass is 457 g/mol. The van der Waals surface area contributed by atoms with Gasteiger partial charge in [0.1, 0.15) is 5.69 Å². The summed E-state index contributed by atoms with van der Waals surface area (Å²) in [5.74, 6) is -0.956. The number of anilines is 1. The van der Waals surface area contributed by atoms with Gasteiger partial charge in [0.05, 0.1) is 23.5 Å². The van der Waals surface area contributed by atoms with Crippen LogP contribution in [0.25, 0.3) is 0 Å². The molecule has 1 atom stereocenters. The summed E-state index contributed by atoms with van der Waals surface area (Å²) >= 11 is 0. The number of esters is 1. The molecule has 1 aliphatic heterocycles. The molecule has 1 fully saturated rings. The van der Waals surface area contributed by atoms with E-state index in [9.17, 15) is 19.7 Å². The number of Topliss-reactive ketones (excluding diaryl/α,β-unsaturated/α-hetero) is 1. The first kappa shape index (κ1) is 24.4. The first-order valence-electron chi connectivity index (χ1n) is 11.1. The van der Waals surface area contributed by atoms with Crippen LogP contribution in [0.1, 0.15) is 47.6 Å². The molecule has 0 aliphatic carbocycles. The zero-order valence-corrected chi connectivity index (χ0v) is 19.6. The number of rotatable bonds is 9. The number of aromatic nitrogens is 1. The van der Waals surface area contributed by atoms with E-state index in [4.69, 9.17) is 9.47 Å². The Bertz CT molecular complexity index is 1020. The number of aryl methyl sites for hydroxylation is 1. The molecule has 1 aromatic heterocycles. The molecule has 2 aromatic rings. The minimum atomic E-state index is -0.396. The quantitative estimate of drug-likeness (QED) is 0.244. The van der Waals surface area contributed by atoms with Crippen LogP contribution in [0.2, 0.25) is 0 Å². The van der Waals surface area contributed by atoms with E-state index in [-0.39, 0.29) is 30.0 Å². The molecule has 0 radical (unpaired) electrons. The standard InChI is InChI=1S/C24H31N3O6/c1-16-13-20(18(3)26(16)17(2)14-32-4)23(28)15-33-24(29)19-9-11-25(12-10-19)21-7-5-6-8-22(21)27(30)31/h5-8,13,17,19H,9-12,14-15H2,1-4H3. The molecule has 0 bridgehead atoms. The lowest BCUT2D eigenvalue weighted by molar-refractivity contribution is -0.384. The molecule has 0 amide bonds. The summed E-state index contributed by atoms with van der Waals surface area (Å²) in [6, 6.07) is 8.51. The van der Waals surface area contributed by atoms with E-state index < -0.39 is 10.9 Å². The molecule has 1 aromatic carbocycles. The molecule has 0 N–H and O–H groups in total. The van der Waals surface area contributed by atoms with Crippen molar-refractivity contribution in [3.8, 4) is 0 Å². The molecular weight excluding hydrogens is 426 g/mol. The minimum Gasteiger partial charge on any atom is -0.457 e. The van der Waals surface area contributed by atoms with Gasteiger partial charge in [0.2, 0.25) is 5.78 Å². The lowest BCUT2D eigenvalue weighted by Gasteiger charge is -2.32. The molecule has 9 heteroatoms. The molecule has 178 valence electrons. The van der Waals surface area contributed by atoms with Gasteiger partial charge in [-0.2, -0.15) is 0 Å². The average molecular weight is 458 g/mol. The SMILES string of the molecule is COCC(C)n1c(C)cc(C(=O)COC(=O)C2CCN(c3ccccc3[N+](=O)[O-])CC2)c1C. The maximum atomic E-state index is 12.7. The lowest BCUT2D eigenvalue weighted by atomic mass is 9.96. The number of benzene rings is 1. The smallest absolute Gasteiger partial charge is 0.309 e. The van der Waals surface area contributed by atoms with Crippen molar-refractivity contribution >= 4 is 23.1 Å². The fourth-order valence-corrected chi connectivity index (χ4v) is 4.63. The van der Waals surface area contributed by atoms with E-state index in [1.807, 2.05) is 31.7 Å². The second-order valence-electron chi connectivity index (χ2n) is 8.50. The van der Waals surface area contributed by atoms with E-state index in [0.29, 0.717) is 43.8 Å². The van der Waals surface area contributed by atoms with Crippen LogP contribution >= 0.6 is 0 Å². The number of ketones is 1. The van der Waals surface area contributed by atoms with E-state index in [0.717, 1.165) is 11.4 Å². The fraction of sp³-hybridized carbons (Fsp3) is 0.500. The topological polar surface area (TPSA) is 104 Å². The van der Waals surface area contributed by atoms with Gasteiger partial charge in [-0.1, -0.05) is 12.1 Å². The Labute approximate surface area is 193 Å².